The number of carbonyl (C=O) groups is 9. The second kappa shape index (κ2) is 30.6. The number of pyridine rings is 2. The number of benzene rings is 2. The Morgan fingerprint density at radius 3 is 1.55 bits per heavy atom. The van der Waals surface area contributed by atoms with Gasteiger partial charge in [-0.2, -0.15) is 0 Å². The summed E-state index contributed by atoms with van der Waals surface area (Å²) in [7, 11) is 0. The molecule has 4 aromatic rings. The van der Waals surface area contributed by atoms with Crippen molar-refractivity contribution >= 4 is 75.9 Å². The minimum absolute atomic E-state index is 0.0200. The molecule has 0 radical (unpaired) electrons. The first-order valence-corrected chi connectivity index (χ1v) is 25.7. The molecule has 2 aromatic carbocycles. The topological polar surface area (TPSA) is 399 Å². The molecule has 3 unspecified atom stereocenters. The number of H-pyrrole nitrogens is 1. The summed E-state index contributed by atoms with van der Waals surface area (Å²) >= 11 is 0. The number of hydrogen-bond donors (Lipinski definition) is 10. The molecular formula is C53H66N8O19. The molecule has 0 saturated carbocycles. The molecule has 27 nitrogen and oxygen atoms in total. The first kappa shape index (κ1) is 62.3. The SMILES string of the molecule is O=C(O)CCCC(C(=O)O)N1CCN(CC(=O)Nc2ccc3c(-c4ccc(N(CC(=O)O)CC(=O)O)c(OCc5ccccn5)c4)cc(=O)[nH]c3c2)CCN(C(CCCC(=O)O)C(=O)O)CCN(C(CCCC(=O)O)C(=O)O)CC1. The number of rotatable bonds is 30. The fraction of sp³-hybridized carbons (Fsp3) is 0.453. The van der Waals surface area contributed by atoms with E-state index >= 15 is 0 Å². The second-order valence-corrected chi connectivity index (χ2v) is 19.1. The van der Waals surface area contributed by atoms with E-state index < -0.39 is 90.4 Å². The fourth-order valence-corrected chi connectivity index (χ4v) is 9.55. The summed E-state index contributed by atoms with van der Waals surface area (Å²) in [6, 6.07) is 11.9. The molecule has 27 heteroatoms. The van der Waals surface area contributed by atoms with E-state index in [0.29, 0.717) is 22.2 Å². The molecule has 3 atom stereocenters. The number of aromatic amines is 1. The third-order valence-corrected chi connectivity index (χ3v) is 13.4. The molecule has 0 bridgehead atoms. The molecule has 0 aliphatic carbocycles. The third kappa shape index (κ3) is 19.7. The number of ether oxygens (including phenoxy) is 1. The van der Waals surface area contributed by atoms with Gasteiger partial charge < -0.3 is 60.8 Å². The number of anilines is 2. The van der Waals surface area contributed by atoms with Gasteiger partial charge in [-0.15, -0.1) is 0 Å². The van der Waals surface area contributed by atoms with Gasteiger partial charge in [-0.1, -0.05) is 18.2 Å². The zero-order valence-corrected chi connectivity index (χ0v) is 43.7. The third-order valence-electron chi connectivity index (χ3n) is 13.4. The molecule has 10 N–H and O–H groups in total. The van der Waals surface area contributed by atoms with Crippen molar-refractivity contribution in [2.45, 2.75) is 82.5 Å². The molecule has 0 spiro atoms. The Balaban J connectivity index is 1.47. The second-order valence-electron chi connectivity index (χ2n) is 19.1. The van der Waals surface area contributed by atoms with Gasteiger partial charge in [0, 0.05) is 95.0 Å². The van der Waals surface area contributed by atoms with Crippen LogP contribution in [0.1, 0.15) is 63.5 Å². The number of aliphatic carboxylic acids is 8. The molecule has 80 heavy (non-hydrogen) atoms. The van der Waals surface area contributed by atoms with E-state index in [0.717, 1.165) is 4.90 Å². The Morgan fingerprint density at radius 1 is 0.600 bits per heavy atom. The van der Waals surface area contributed by atoms with Crippen LogP contribution in [0, 0.1) is 0 Å². The Hall–Kier alpha value is -8.53. The van der Waals surface area contributed by atoms with Crippen molar-refractivity contribution < 1.29 is 88.7 Å². The van der Waals surface area contributed by atoms with Crippen LogP contribution in [0.5, 0.6) is 5.75 Å². The van der Waals surface area contributed by atoms with Gasteiger partial charge >= 0.3 is 47.8 Å². The van der Waals surface area contributed by atoms with Crippen LogP contribution < -0.4 is 20.5 Å². The largest absolute Gasteiger partial charge is 0.485 e. The number of hydrogen-bond acceptors (Lipinski definition) is 17. The summed E-state index contributed by atoms with van der Waals surface area (Å²) in [5, 5.41) is 81.9. The van der Waals surface area contributed by atoms with Crippen LogP contribution in [0.3, 0.4) is 0 Å². The molecule has 1 saturated heterocycles. The molecule has 432 valence electrons. The Bertz CT molecular complexity index is 2830. The highest BCUT2D eigenvalue weighted by molar-refractivity contribution is 5.99. The van der Waals surface area contributed by atoms with Crippen molar-refractivity contribution in [3.63, 3.8) is 0 Å². The Morgan fingerprint density at radius 2 is 1.10 bits per heavy atom. The van der Waals surface area contributed by atoms with Crippen molar-refractivity contribution in [3.8, 4) is 16.9 Å². The number of carbonyl (C=O) groups excluding carboxylic acids is 1. The average molecular weight is 1120 g/mol. The predicted molar refractivity (Wildman–Crippen MR) is 285 cm³/mol. The number of nitrogens with zero attached hydrogens (tertiary/aromatic N) is 6. The maximum atomic E-state index is 14.1. The summed E-state index contributed by atoms with van der Waals surface area (Å²) in [4.78, 5) is 138. The van der Waals surface area contributed by atoms with Crippen molar-refractivity contribution in [2.24, 2.45) is 0 Å². The first-order valence-electron chi connectivity index (χ1n) is 25.7. The van der Waals surface area contributed by atoms with Gasteiger partial charge in [0.25, 0.3) is 0 Å². The zero-order valence-electron chi connectivity index (χ0n) is 43.7. The van der Waals surface area contributed by atoms with Gasteiger partial charge in [-0.25, -0.2) is 0 Å². The van der Waals surface area contributed by atoms with Crippen LogP contribution in [0.4, 0.5) is 11.4 Å². The highest BCUT2D eigenvalue weighted by Gasteiger charge is 2.33. The lowest BCUT2D eigenvalue weighted by Gasteiger charge is -2.38. The predicted octanol–water partition coefficient (Wildman–Crippen LogP) is 2.43. The maximum absolute atomic E-state index is 14.1. The summed E-state index contributed by atoms with van der Waals surface area (Å²) < 4.78 is 6.12. The Labute approximate surface area is 457 Å². The van der Waals surface area contributed by atoms with Crippen molar-refractivity contribution in [1.82, 2.24) is 29.6 Å². The van der Waals surface area contributed by atoms with Crippen molar-refractivity contribution in [3.05, 3.63) is 82.9 Å². The molecular weight excluding hydrogens is 1050 g/mol. The average Bonchev–Trinajstić information content (AvgIpc) is 3.46. The highest BCUT2D eigenvalue weighted by Crippen LogP contribution is 2.36. The van der Waals surface area contributed by atoms with Crippen LogP contribution in [-0.2, 0) is 49.8 Å². The van der Waals surface area contributed by atoms with Crippen LogP contribution >= 0.6 is 0 Å². The lowest BCUT2D eigenvalue weighted by molar-refractivity contribution is -0.147. The highest BCUT2D eigenvalue weighted by atomic mass is 16.5. The van der Waals surface area contributed by atoms with Crippen LogP contribution in [0.25, 0.3) is 22.0 Å². The monoisotopic (exact) mass is 1120 g/mol. The minimum atomic E-state index is -1.30. The molecule has 5 rings (SSSR count). The smallest absolute Gasteiger partial charge is 0.323 e. The fourth-order valence-electron chi connectivity index (χ4n) is 9.55. The molecule has 1 aliphatic rings. The molecule has 1 amide bonds. The lowest BCUT2D eigenvalue weighted by atomic mass is 10.00. The van der Waals surface area contributed by atoms with Gasteiger partial charge in [0.15, 0.2) is 0 Å². The number of amides is 1. The summed E-state index contributed by atoms with van der Waals surface area (Å²) in [5.74, 6) is -10.4. The van der Waals surface area contributed by atoms with E-state index in [1.54, 1.807) is 57.3 Å². The normalized spacial score (nSPS) is 15.3. The molecule has 3 heterocycles. The van der Waals surface area contributed by atoms with E-state index in [4.69, 9.17) is 4.74 Å². The number of aromatic nitrogens is 2. The number of nitrogens with one attached hydrogen (secondary N) is 2. The lowest BCUT2D eigenvalue weighted by Crippen LogP contribution is -2.55. The van der Waals surface area contributed by atoms with Crippen molar-refractivity contribution in [1.29, 1.82) is 0 Å². The molecule has 1 fully saturated rings. The van der Waals surface area contributed by atoms with Crippen LogP contribution in [0.15, 0.2) is 71.7 Å². The molecule has 2 aromatic heterocycles. The van der Waals surface area contributed by atoms with E-state index in [2.05, 4.69) is 15.3 Å². The van der Waals surface area contributed by atoms with Gasteiger partial charge in [-0.3, -0.25) is 72.5 Å². The molecule has 1 aliphatic heterocycles. The quantitative estimate of drug-likeness (QED) is 0.0358. The maximum Gasteiger partial charge on any atom is 0.323 e. The van der Waals surface area contributed by atoms with Crippen LogP contribution in [0.2, 0.25) is 0 Å². The van der Waals surface area contributed by atoms with Gasteiger partial charge in [-0.05, 0) is 86.1 Å². The van der Waals surface area contributed by atoms with E-state index in [9.17, 15) is 88.8 Å². The zero-order chi connectivity index (χ0) is 58.5. The number of carboxylic acid groups (broad SMARTS) is 8. The summed E-state index contributed by atoms with van der Waals surface area (Å²) in [5.41, 5.74) is 1.41. The standard InChI is InChI=1S/C53H66N8O19/c62-44-28-37(33-13-16-39(61(30-49(70)71)31-50(72)73)43(26-33)80-32-35-6-1-2-17-54-35)36-15-14-34(27-38(36)56-44)55-45(63)29-57-18-20-58(40(51(74)75)7-3-10-46(64)65)22-24-60(42(53(78)79)9-5-12-48(68)69)25-23-59(21-19-57)41(52(76)77)8-4-11-47(66)67/h1-2,6,13-17,26-28,40-42H,3-5,7-12,18-25,29-32H2,(H,55,63)(H,56,62)(H,64,65)(H,66,67)(H,68,69)(H,70,71)(H,72,73)(H,74,75)(H,76,77)(H,78,79). The van der Waals surface area contributed by atoms with E-state index in [1.807, 2.05) is 0 Å². The van der Waals surface area contributed by atoms with Gasteiger partial charge in [0.05, 0.1) is 23.4 Å². The van der Waals surface area contributed by atoms with E-state index in [1.165, 1.54) is 29.2 Å². The minimum Gasteiger partial charge on any atom is -0.485 e. The number of carboxylic acids is 8. The van der Waals surface area contributed by atoms with E-state index in [-0.39, 0.29) is 146 Å². The summed E-state index contributed by atoms with van der Waals surface area (Å²) in [6.07, 6.45) is 0.143. The first-order chi connectivity index (χ1) is 38.1. The van der Waals surface area contributed by atoms with Crippen molar-refractivity contribution in [2.75, 3.05) is 82.2 Å². The number of fused-ring (bicyclic) bond motifs is 1. The Kier molecular flexibility index (Phi) is 23.8. The van der Waals surface area contributed by atoms with Gasteiger partial charge in [0.2, 0.25) is 11.5 Å². The summed E-state index contributed by atoms with van der Waals surface area (Å²) in [6.45, 7) is -2.35. The van der Waals surface area contributed by atoms with Gasteiger partial charge in [0.1, 0.15) is 43.6 Å². The van der Waals surface area contributed by atoms with Crippen LogP contribution in [-0.4, -0.2) is 214 Å².